The molecule has 0 radical (unpaired) electrons. The Morgan fingerprint density at radius 3 is 2.24 bits per heavy atom. The van der Waals surface area contributed by atoms with Gasteiger partial charge in [-0.05, 0) is 76.6 Å². The van der Waals surface area contributed by atoms with Crippen LogP contribution in [0.2, 0.25) is 0 Å². The minimum absolute atomic E-state index is 0.0528. The Balaban J connectivity index is 2.07. The highest BCUT2D eigenvalue weighted by Gasteiger charge is 2.36. The number of carbonyl (C=O) groups is 2. The Hall–Kier alpha value is -3.89. The van der Waals surface area contributed by atoms with Gasteiger partial charge in [0.15, 0.2) is 0 Å². The van der Waals surface area contributed by atoms with Crippen LogP contribution in [-0.2, 0) is 27.0 Å². The molecule has 3 rings (SSSR count). The van der Waals surface area contributed by atoms with Crippen LogP contribution in [0.5, 0.6) is 0 Å². The van der Waals surface area contributed by atoms with Crippen LogP contribution in [-0.4, -0.2) is 41.2 Å². The second kappa shape index (κ2) is 10.5. The van der Waals surface area contributed by atoms with Gasteiger partial charge in [0, 0.05) is 12.7 Å². The number of hydrogen-bond donors (Lipinski definition) is 0. The fourth-order valence-electron chi connectivity index (χ4n) is 3.97. The first-order chi connectivity index (χ1) is 17.5. The molecule has 0 saturated heterocycles. The third-order valence-corrected chi connectivity index (χ3v) is 6.08. The van der Waals surface area contributed by atoms with Crippen molar-refractivity contribution in [1.82, 2.24) is 9.55 Å². The highest BCUT2D eigenvalue weighted by molar-refractivity contribution is 5.90. The fourth-order valence-corrected chi connectivity index (χ4v) is 3.97. The molecular formula is C27H30F3N3O5. The number of aryl methyl sites for hydroxylation is 1. The van der Waals surface area contributed by atoms with E-state index in [0.29, 0.717) is 11.3 Å². The lowest BCUT2D eigenvalue weighted by Gasteiger charge is -2.30. The summed E-state index contributed by atoms with van der Waals surface area (Å²) in [6.07, 6.45) is -4.71. The second-order valence-corrected chi connectivity index (χ2v) is 9.92. The first kappa shape index (κ1) is 28.7. The van der Waals surface area contributed by atoms with Gasteiger partial charge in [0.05, 0.1) is 35.2 Å². The summed E-state index contributed by atoms with van der Waals surface area (Å²) in [7, 11) is 2.78. The van der Waals surface area contributed by atoms with Crippen molar-refractivity contribution >= 4 is 28.5 Å². The predicted molar refractivity (Wildman–Crippen MR) is 136 cm³/mol. The molecule has 8 nitrogen and oxygen atoms in total. The third kappa shape index (κ3) is 6.15. The molecule has 0 saturated carbocycles. The number of rotatable bonds is 6. The van der Waals surface area contributed by atoms with Gasteiger partial charge in [0.2, 0.25) is 0 Å². The molecule has 11 heteroatoms. The van der Waals surface area contributed by atoms with E-state index in [9.17, 15) is 27.6 Å². The predicted octanol–water partition coefficient (Wildman–Crippen LogP) is 5.05. The van der Waals surface area contributed by atoms with Gasteiger partial charge < -0.3 is 14.4 Å². The lowest BCUT2D eigenvalue weighted by Crippen LogP contribution is -2.29. The van der Waals surface area contributed by atoms with Gasteiger partial charge in [0.25, 0.3) is 5.56 Å². The molecule has 0 unspecified atom stereocenters. The maximum absolute atomic E-state index is 14.1. The lowest BCUT2D eigenvalue weighted by molar-refractivity contribution is -0.141. The summed E-state index contributed by atoms with van der Waals surface area (Å²) in [6.45, 7) is 7.84. The molecule has 0 aliphatic carbocycles. The zero-order valence-corrected chi connectivity index (χ0v) is 22.3. The maximum atomic E-state index is 14.1. The normalized spacial score (nSPS) is 12.8. The number of benzene rings is 2. The molecule has 0 aliphatic heterocycles. The molecule has 0 bridgehead atoms. The Bertz CT molecular complexity index is 1420. The van der Waals surface area contributed by atoms with Crippen LogP contribution < -0.4 is 10.5 Å². The molecule has 1 heterocycles. The SMILES string of the molecule is COC(=O)Cn1c(C)nc2cc(C(F)(F)F)c([C@H](C)N(C)c3ccc(C(=O)OC(C)(C)C)cc3)cc2c1=O. The van der Waals surface area contributed by atoms with Crippen molar-refractivity contribution in [3.05, 3.63) is 69.3 Å². The Morgan fingerprint density at radius 2 is 1.71 bits per heavy atom. The van der Waals surface area contributed by atoms with Crippen LogP contribution in [0, 0.1) is 6.92 Å². The minimum atomic E-state index is -4.71. The van der Waals surface area contributed by atoms with E-state index in [1.54, 1.807) is 51.8 Å². The summed E-state index contributed by atoms with van der Waals surface area (Å²) in [4.78, 5) is 43.0. The zero-order chi connectivity index (χ0) is 28.6. The number of esters is 2. The molecule has 38 heavy (non-hydrogen) atoms. The fraction of sp³-hybridized carbons (Fsp3) is 0.407. The van der Waals surface area contributed by atoms with Gasteiger partial charge in [-0.2, -0.15) is 13.2 Å². The monoisotopic (exact) mass is 533 g/mol. The summed E-state index contributed by atoms with van der Waals surface area (Å²) in [6, 6.07) is 7.50. The molecule has 0 aliphatic rings. The van der Waals surface area contributed by atoms with Gasteiger partial charge in [-0.1, -0.05) is 0 Å². The molecule has 0 N–H and O–H groups in total. The molecule has 1 aromatic heterocycles. The highest BCUT2D eigenvalue weighted by Crippen LogP contribution is 2.39. The Morgan fingerprint density at radius 1 is 1.11 bits per heavy atom. The van der Waals surface area contributed by atoms with Crippen molar-refractivity contribution in [2.75, 3.05) is 19.1 Å². The number of methoxy groups -OCH3 is 1. The quantitative estimate of drug-likeness (QED) is 0.410. The van der Waals surface area contributed by atoms with Gasteiger partial charge in [-0.3, -0.25) is 14.2 Å². The van der Waals surface area contributed by atoms with Crippen LogP contribution in [0.1, 0.15) is 61.0 Å². The van der Waals surface area contributed by atoms with E-state index in [0.717, 1.165) is 10.6 Å². The van der Waals surface area contributed by atoms with Gasteiger partial charge in [0.1, 0.15) is 18.0 Å². The van der Waals surface area contributed by atoms with Gasteiger partial charge in [-0.15, -0.1) is 0 Å². The third-order valence-electron chi connectivity index (χ3n) is 6.08. The number of fused-ring (bicyclic) bond motifs is 1. The van der Waals surface area contributed by atoms with Crippen LogP contribution in [0.4, 0.5) is 18.9 Å². The Labute approximate surface area is 218 Å². The van der Waals surface area contributed by atoms with Crippen molar-refractivity contribution in [3.63, 3.8) is 0 Å². The van der Waals surface area contributed by atoms with E-state index in [1.165, 1.54) is 32.2 Å². The number of halogens is 3. The van der Waals surface area contributed by atoms with Crippen LogP contribution in [0.3, 0.4) is 0 Å². The maximum Gasteiger partial charge on any atom is 0.416 e. The molecule has 0 spiro atoms. The molecule has 0 amide bonds. The van der Waals surface area contributed by atoms with E-state index >= 15 is 0 Å². The highest BCUT2D eigenvalue weighted by atomic mass is 19.4. The number of aromatic nitrogens is 2. The number of carbonyl (C=O) groups excluding carboxylic acids is 2. The standard InChI is InChI=1S/C27H30F3N3O5/c1-15(32(6)18-10-8-17(9-11-18)25(36)38-26(3,4)5)19-12-20-22(13-21(19)27(28,29)30)31-16(2)33(24(20)35)14-23(34)37-7/h8-13,15H,14H2,1-7H3/t15-/m0/s1. The smallest absolute Gasteiger partial charge is 0.416 e. The van der Waals surface area contributed by atoms with Crippen molar-refractivity contribution in [2.24, 2.45) is 0 Å². The molecule has 204 valence electrons. The molecular weight excluding hydrogens is 503 g/mol. The average molecular weight is 534 g/mol. The molecule has 1 atom stereocenters. The van der Waals surface area contributed by atoms with E-state index in [2.05, 4.69) is 9.72 Å². The topological polar surface area (TPSA) is 90.7 Å². The molecule has 0 fully saturated rings. The summed E-state index contributed by atoms with van der Waals surface area (Å²) in [5.41, 5.74) is -1.66. The van der Waals surface area contributed by atoms with E-state index in [1.807, 2.05) is 0 Å². The number of hydrogen-bond acceptors (Lipinski definition) is 7. The summed E-state index contributed by atoms with van der Waals surface area (Å²) in [5.74, 6) is -1.12. The summed E-state index contributed by atoms with van der Waals surface area (Å²) in [5, 5.41) is -0.0528. The van der Waals surface area contributed by atoms with Gasteiger partial charge in [-0.25, -0.2) is 9.78 Å². The molecule has 3 aromatic rings. The number of nitrogens with zero attached hydrogens (tertiary/aromatic N) is 3. The van der Waals surface area contributed by atoms with Crippen molar-refractivity contribution in [3.8, 4) is 0 Å². The summed E-state index contributed by atoms with van der Waals surface area (Å²) >= 11 is 0. The first-order valence-corrected chi connectivity index (χ1v) is 11.8. The van der Waals surface area contributed by atoms with Crippen LogP contribution in [0.25, 0.3) is 10.9 Å². The first-order valence-electron chi connectivity index (χ1n) is 11.8. The molecule has 2 aromatic carbocycles. The summed E-state index contributed by atoms with van der Waals surface area (Å²) < 4.78 is 53.4. The van der Waals surface area contributed by atoms with Crippen LogP contribution >= 0.6 is 0 Å². The van der Waals surface area contributed by atoms with Gasteiger partial charge >= 0.3 is 18.1 Å². The zero-order valence-electron chi connectivity index (χ0n) is 22.3. The largest absolute Gasteiger partial charge is 0.468 e. The number of ether oxygens (including phenoxy) is 2. The average Bonchev–Trinajstić information content (AvgIpc) is 2.83. The number of anilines is 1. The van der Waals surface area contributed by atoms with Crippen molar-refractivity contribution in [1.29, 1.82) is 0 Å². The number of alkyl halides is 3. The second-order valence-electron chi connectivity index (χ2n) is 9.92. The lowest BCUT2D eigenvalue weighted by atomic mass is 9.97. The minimum Gasteiger partial charge on any atom is -0.468 e. The van der Waals surface area contributed by atoms with Crippen molar-refractivity contribution in [2.45, 2.75) is 59.0 Å². The van der Waals surface area contributed by atoms with E-state index < -0.39 is 47.4 Å². The Kier molecular flexibility index (Phi) is 7.90. The van der Waals surface area contributed by atoms with Crippen LogP contribution in [0.15, 0.2) is 41.2 Å². The van der Waals surface area contributed by atoms with E-state index in [4.69, 9.17) is 4.74 Å². The van der Waals surface area contributed by atoms with Crippen molar-refractivity contribution < 1.29 is 32.2 Å². The van der Waals surface area contributed by atoms with E-state index in [-0.39, 0.29) is 22.3 Å².